The molecule has 1 aliphatic heterocycles. The van der Waals surface area contributed by atoms with Gasteiger partial charge >= 0.3 is 0 Å². The van der Waals surface area contributed by atoms with Gasteiger partial charge in [0.25, 0.3) is 0 Å². The summed E-state index contributed by atoms with van der Waals surface area (Å²) in [6.07, 6.45) is 5.14. The number of nitrogens with zero attached hydrogens (tertiary/aromatic N) is 2. The van der Waals surface area contributed by atoms with Crippen molar-refractivity contribution in [1.29, 1.82) is 0 Å². The van der Waals surface area contributed by atoms with E-state index in [0.29, 0.717) is 17.0 Å². The third-order valence-corrected chi connectivity index (χ3v) is 2.85. The van der Waals surface area contributed by atoms with Gasteiger partial charge in [-0.15, -0.1) is 0 Å². The van der Waals surface area contributed by atoms with Crippen molar-refractivity contribution in [3.63, 3.8) is 0 Å². The summed E-state index contributed by atoms with van der Waals surface area (Å²) in [6, 6.07) is 0.366. The summed E-state index contributed by atoms with van der Waals surface area (Å²) in [7, 11) is 0. The van der Waals surface area contributed by atoms with Crippen LogP contribution in [0.3, 0.4) is 0 Å². The molecule has 1 saturated heterocycles. The standard InChI is InChI=1S/C11H16ClN3O/c1-11(2)5-9(3-4-16-11)15-10-13-6-8(12)7-14-10/h6-7,9H,3-5H2,1-2H3,(H,13,14,15). The Hall–Kier alpha value is -0.870. The maximum Gasteiger partial charge on any atom is 0.222 e. The van der Waals surface area contributed by atoms with Crippen LogP contribution in [0.1, 0.15) is 26.7 Å². The molecule has 0 bridgehead atoms. The Labute approximate surface area is 100 Å². The molecule has 5 heteroatoms. The predicted octanol–water partition coefficient (Wildman–Crippen LogP) is 2.50. The topological polar surface area (TPSA) is 47.0 Å². The molecule has 0 radical (unpaired) electrons. The first-order chi connectivity index (χ1) is 7.55. The molecular weight excluding hydrogens is 226 g/mol. The van der Waals surface area contributed by atoms with Crippen LogP contribution in [-0.2, 0) is 4.74 Å². The molecule has 4 nitrogen and oxygen atoms in total. The normalized spacial score (nSPS) is 24.1. The molecule has 0 amide bonds. The third-order valence-electron chi connectivity index (χ3n) is 2.65. The fraction of sp³-hybridized carbons (Fsp3) is 0.636. The minimum atomic E-state index is -0.0671. The van der Waals surface area contributed by atoms with E-state index in [1.165, 1.54) is 0 Å². The summed E-state index contributed by atoms with van der Waals surface area (Å²) in [4.78, 5) is 8.25. The van der Waals surface area contributed by atoms with Crippen LogP contribution in [0.25, 0.3) is 0 Å². The predicted molar refractivity (Wildman–Crippen MR) is 63.7 cm³/mol. The zero-order chi connectivity index (χ0) is 11.6. The maximum absolute atomic E-state index is 5.73. The second-order valence-electron chi connectivity index (χ2n) is 4.67. The number of hydrogen-bond donors (Lipinski definition) is 1. The Balaban J connectivity index is 1.97. The van der Waals surface area contributed by atoms with Crippen molar-refractivity contribution in [2.75, 3.05) is 11.9 Å². The van der Waals surface area contributed by atoms with Crippen molar-refractivity contribution >= 4 is 17.5 Å². The zero-order valence-corrected chi connectivity index (χ0v) is 10.3. The van der Waals surface area contributed by atoms with Crippen LogP contribution in [0.2, 0.25) is 5.02 Å². The van der Waals surface area contributed by atoms with Gasteiger partial charge in [-0.25, -0.2) is 9.97 Å². The highest BCUT2D eigenvalue weighted by atomic mass is 35.5. The highest BCUT2D eigenvalue weighted by Gasteiger charge is 2.28. The molecule has 1 fully saturated rings. The number of hydrogen-bond acceptors (Lipinski definition) is 4. The van der Waals surface area contributed by atoms with Crippen molar-refractivity contribution in [2.24, 2.45) is 0 Å². The SMILES string of the molecule is CC1(C)CC(Nc2ncc(Cl)cn2)CCO1. The second kappa shape index (κ2) is 4.55. The Kier molecular flexibility index (Phi) is 3.30. The van der Waals surface area contributed by atoms with Gasteiger partial charge in [-0.05, 0) is 26.7 Å². The van der Waals surface area contributed by atoms with E-state index >= 15 is 0 Å². The first kappa shape index (κ1) is 11.6. The van der Waals surface area contributed by atoms with E-state index in [1.54, 1.807) is 12.4 Å². The molecule has 1 aromatic rings. The van der Waals surface area contributed by atoms with Gasteiger partial charge in [0, 0.05) is 12.6 Å². The van der Waals surface area contributed by atoms with Crippen LogP contribution in [0, 0.1) is 0 Å². The Morgan fingerprint density at radius 3 is 2.75 bits per heavy atom. The Bertz CT molecular complexity index is 353. The average molecular weight is 242 g/mol. The molecule has 2 rings (SSSR count). The monoisotopic (exact) mass is 241 g/mol. The quantitative estimate of drug-likeness (QED) is 0.864. The molecule has 2 heterocycles. The number of anilines is 1. The van der Waals surface area contributed by atoms with Crippen LogP contribution in [0.5, 0.6) is 0 Å². The third kappa shape index (κ3) is 3.06. The first-order valence-corrected chi connectivity index (χ1v) is 5.81. The van der Waals surface area contributed by atoms with Crippen LogP contribution in [-0.4, -0.2) is 28.2 Å². The maximum atomic E-state index is 5.73. The molecule has 1 aliphatic rings. The van der Waals surface area contributed by atoms with E-state index < -0.39 is 0 Å². The minimum absolute atomic E-state index is 0.0671. The van der Waals surface area contributed by atoms with E-state index in [4.69, 9.17) is 16.3 Å². The van der Waals surface area contributed by atoms with E-state index in [9.17, 15) is 0 Å². The van der Waals surface area contributed by atoms with Gasteiger partial charge in [0.05, 0.1) is 23.0 Å². The summed E-state index contributed by atoms with van der Waals surface area (Å²) >= 11 is 5.73. The smallest absolute Gasteiger partial charge is 0.222 e. The van der Waals surface area contributed by atoms with Gasteiger partial charge in [-0.2, -0.15) is 0 Å². The average Bonchev–Trinajstić information content (AvgIpc) is 2.20. The van der Waals surface area contributed by atoms with Gasteiger partial charge < -0.3 is 10.1 Å². The second-order valence-corrected chi connectivity index (χ2v) is 5.10. The highest BCUT2D eigenvalue weighted by Crippen LogP contribution is 2.25. The van der Waals surface area contributed by atoms with Gasteiger partial charge in [-0.1, -0.05) is 11.6 Å². The van der Waals surface area contributed by atoms with Crippen molar-refractivity contribution in [2.45, 2.75) is 38.3 Å². The number of ether oxygens (including phenoxy) is 1. The van der Waals surface area contributed by atoms with Crippen molar-refractivity contribution in [1.82, 2.24) is 9.97 Å². The molecule has 1 atom stereocenters. The van der Waals surface area contributed by atoms with E-state index in [-0.39, 0.29) is 5.60 Å². The summed E-state index contributed by atoms with van der Waals surface area (Å²) in [5, 5.41) is 3.86. The van der Waals surface area contributed by atoms with Gasteiger partial charge in [0.1, 0.15) is 0 Å². The van der Waals surface area contributed by atoms with Crippen molar-refractivity contribution < 1.29 is 4.74 Å². The van der Waals surface area contributed by atoms with Crippen LogP contribution in [0.4, 0.5) is 5.95 Å². The molecule has 0 aromatic carbocycles. The molecule has 0 aliphatic carbocycles. The van der Waals surface area contributed by atoms with Crippen LogP contribution in [0.15, 0.2) is 12.4 Å². The fourth-order valence-electron chi connectivity index (χ4n) is 1.92. The summed E-state index contributed by atoms with van der Waals surface area (Å²) in [5.74, 6) is 0.632. The van der Waals surface area contributed by atoms with Crippen LogP contribution < -0.4 is 5.32 Å². The zero-order valence-electron chi connectivity index (χ0n) is 9.53. The molecule has 16 heavy (non-hydrogen) atoms. The van der Waals surface area contributed by atoms with Crippen molar-refractivity contribution in [3.8, 4) is 0 Å². The molecule has 0 saturated carbocycles. The lowest BCUT2D eigenvalue weighted by Gasteiger charge is -2.35. The van der Waals surface area contributed by atoms with E-state index in [1.807, 2.05) is 0 Å². The Morgan fingerprint density at radius 1 is 1.44 bits per heavy atom. The lowest BCUT2D eigenvalue weighted by molar-refractivity contribution is -0.0553. The van der Waals surface area contributed by atoms with Gasteiger partial charge in [0.15, 0.2) is 0 Å². The number of rotatable bonds is 2. The van der Waals surface area contributed by atoms with Gasteiger partial charge in [0.2, 0.25) is 5.95 Å². The summed E-state index contributed by atoms with van der Waals surface area (Å²) < 4.78 is 5.65. The summed E-state index contributed by atoms with van der Waals surface area (Å²) in [5.41, 5.74) is -0.0671. The molecule has 1 aromatic heterocycles. The first-order valence-electron chi connectivity index (χ1n) is 5.43. The number of aromatic nitrogens is 2. The molecular formula is C11H16ClN3O. The number of halogens is 1. The van der Waals surface area contributed by atoms with Crippen LogP contribution >= 0.6 is 11.6 Å². The molecule has 1 N–H and O–H groups in total. The Morgan fingerprint density at radius 2 is 2.12 bits per heavy atom. The highest BCUT2D eigenvalue weighted by molar-refractivity contribution is 6.30. The van der Waals surface area contributed by atoms with Crippen molar-refractivity contribution in [3.05, 3.63) is 17.4 Å². The largest absolute Gasteiger partial charge is 0.375 e. The minimum Gasteiger partial charge on any atom is -0.375 e. The molecule has 0 spiro atoms. The number of nitrogens with one attached hydrogen (secondary N) is 1. The lowest BCUT2D eigenvalue weighted by atomic mass is 9.94. The lowest BCUT2D eigenvalue weighted by Crippen LogP contribution is -2.40. The van der Waals surface area contributed by atoms with E-state index in [2.05, 4.69) is 29.1 Å². The fourth-order valence-corrected chi connectivity index (χ4v) is 2.02. The van der Waals surface area contributed by atoms with E-state index in [0.717, 1.165) is 19.4 Å². The summed E-state index contributed by atoms with van der Waals surface area (Å²) in [6.45, 7) is 4.98. The molecule has 1 unspecified atom stereocenters. The van der Waals surface area contributed by atoms with Gasteiger partial charge in [-0.3, -0.25) is 0 Å². The molecule has 88 valence electrons.